The lowest BCUT2D eigenvalue weighted by Crippen LogP contribution is -2.59. The smallest absolute Gasteiger partial charge is 0.227 e. The van der Waals surface area contributed by atoms with Crippen LogP contribution in [0.3, 0.4) is 0 Å². The number of aliphatic hydroxyl groups is 1. The van der Waals surface area contributed by atoms with Gasteiger partial charge in [-0.15, -0.1) is 0 Å². The molecule has 2 saturated heterocycles. The molecule has 0 bridgehead atoms. The first-order valence-electron chi connectivity index (χ1n) is 10.5. The number of hydrogen-bond acceptors (Lipinski definition) is 3. The van der Waals surface area contributed by atoms with Crippen LogP contribution in [0.4, 0.5) is 4.39 Å². The van der Waals surface area contributed by atoms with E-state index in [2.05, 4.69) is 29.2 Å². The molecule has 5 heteroatoms. The van der Waals surface area contributed by atoms with E-state index in [9.17, 15) is 14.3 Å². The van der Waals surface area contributed by atoms with E-state index in [1.54, 1.807) is 12.1 Å². The Morgan fingerprint density at radius 2 is 1.79 bits per heavy atom. The molecular formula is C24H29FN2O2. The van der Waals surface area contributed by atoms with E-state index >= 15 is 0 Å². The van der Waals surface area contributed by atoms with Crippen molar-refractivity contribution < 1.29 is 14.3 Å². The molecule has 4 rings (SSSR count). The number of likely N-dealkylation sites (tertiary alicyclic amines) is 2. The second-order valence-corrected chi connectivity index (χ2v) is 8.59. The van der Waals surface area contributed by atoms with Gasteiger partial charge in [0.1, 0.15) is 5.82 Å². The maximum Gasteiger partial charge on any atom is 0.227 e. The minimum atomic E-state index is -0.379. The topological polar surface area (TPSA) is 43.8 Å². The van der Waals surface area contributed by atoms with E-state index in [1.165, 1.54) is 17.7 Å². The van der Waals surface area contributed by atoms with Crippen LogP contribution in [-0.4, -0.2) is 53.1 Å². The zero-order valence-corrected chi connectivity index (χ0v) is 16.8. The highest BCUT2D eigenvalue weighted by molar-refractivity contribution is 5.79. The number of piperidine rings is 2. The van der Waals surface area contributed by atoms with E-state index in [-0.39, 0.29) is 29.7 Å². The predicted molar refractivity (Wildman–Crippen MR) is 111 cm³/mol. The summed E-state index contributed by atoms with van der Waals surface area (Å²) >= 11 is 0. The number of rotatable bonds is 4. The molecule has 4 nitrogen and oxygen atoms in total. The number of amides is 1. The fraction of sp³-hybridized carbons (Fsp3) is 0.458. The lowest BCUT2D eigenvalue weighted by atomic mass is 9.71. The monoisotopic (exact) mass is 396 g/mol. The summed E-state index contributed by atoms with van der Waals surface area (Å²) in [5.74, 6) is -0.231. The van der Waals surface area contributed by atoms with Gasteiger partial charge in [0, 0.05) is 38.1 Å². The van der Waals surface area contributed by atoms with Gasteiger partial charge in [-0.3, -0.25) is 9.69 Å². The molecule has 29 heavy (non-hydrogen) atoms. The summed E-state index contributed by atoms with van der Waals surface area (Å²) in [5, 5.41) is 10.9. The fourth-order valence-corrected chi connectivity index (χ4v) is 4.88. The molecule has 2 atom stereocenters. The van der Waals surface area contributed by atoms with Crippen molar-refractivity contribution in [3.8, 4) is 0 Å². The SMILES string of the molecule is O=C(Cc1ccc(F)cc1)N1CCC[C@@]2(CN(Cc3ccccc3)CC[C@H]2O)C1. The van der Waals surface area contributed by atoms with Crippen LogP contribution in [0.25, 0.3) is 0 Å². The normalized spacial score (nSPS) is 25.3. The Kier molecular flexibility index (Phi) is 5.97. The first-order valence-corrected chi connectivity index (χ1v) is 10.5. The van der Waals surface area contributed by atoms with Crippen LogP contribution >= 0.6 is 0 Å². The molecule has 2 aliphatic rings. The molecule has 2 aromatic carbocycles. The summed E-state index contributed by atoms with van der Waals surface area (Å²) in [6, 6.07) is 16.5. The van der Waals surface area contributed by atoms with Gasteiger partial charge in [-0.05, 0) is 42.5 Å². The zero-order valence-electron chi connectivity index (χ0n) is 16.8. The van der Waals surface area contributed by atoms with Gasteiger partial charge < -0.3 is 10.0 Å². The van der Waals surface area contributed by atoms with Crippen molar-refractivity contribution in [1.29, 1.82) is 0 Å². The molecule has 0 saturated carbocycles. The second-order valence-electron chi connectivity index (χ2n) is 8.59. The minimum Gasteiger partial charge on any atom is -0.392 e. The summed E-state index contributed by atoms with van der Waals surface area (Å²) in [4.78, 5) is 17.2. The summed E-state index contributed by atoms with van der Waals surface area (Å²) in [6.45, 7) is 3.89. The summed E-state index contributed by atoms with van der Waals surface area (Å²) in [7, 11) is 0. The number of carbonyl (C=O) groups is 1. The third kappa shape index (κ3) is 4.68. The Bertz CT molecular complexity index is 827. The molecule has 0 unspecified atom stereocenters. The Morgan fingerprint density at radius 1 is 1.03 bits per heavy atom. The minimum absolute atomic E-state index is 0.0584. The Labute approximate surface area is 171 Å². The van der Waals surface area contributed by atoms with Gasteiger partial charge in [0.2, 0.25) is 5.91 Å². The number of benzene rings is 2. The molecule has 0 aliphatic carbocycles. The number of nitrogens with zero attached hydrogens (tertiary/aromatic N) is 2. The second kappa shape index (κ2) is 8.64. The molecule has 1 spiro atoms. The lowest BCUT2D eigenvalue weighted by Gasteiger charge is -2.51. The highest BCUT2D eigenvalue weighted by atomic mass is 19.1. The van der Waals surface area contributed by atoms with Gasteiger partial charge in [-0.1, -0.05) is 42.5 Å². The van der Waals surface area contributed by atoms with E-state index < -0.39 is 0 Å². The molecule has 1 N–H and O–H groups in total. The van der Waals surface area contributed by atoms with E-state index in [0.29, 0.717) is 6.54 Å². The Hall–Kier alpha value is -2.24. The maximum absolute atomic E-state index is 13.1. The Balaban J connectivity index is 1.43. The molecule has 2 fully saturated rings. The molecule has 0 radical (unpaired) electrons. The molecule has 2 aromatic rings. The number of halogens is 1. The largest absolute Gasteiger partial charge is 0.392 e. The molecule has 2 heterocycles. The summed E-state index contributed by atoms with van der Waals surface area (Å²) < 4.78 is 13.1. The highest BCUT2D eigenvalue weighted by Gasteiger charge is 2.46. The molecule has 1 amide bonds. The predicted octanol–water partition coefficient (Wildman–Crippen LogP) is 3.24. The van der Waals surface area contributed by atoms with Crippen LogP contribution in [0, 0.1) is 11.2 Å². The van der Waals surface area contributed by atoms with Crippen molar-refractivity contribution in [2.75, 3.05) is 26.2 Å². The quantitative estimate of drug-likeness (QED) is 0.863. The number of hydrogen-bond donors (Lipinski definition) is 1. The highest BCUT2D eigenvalue weighted by Crippen LogP contribution is 2.39. The van der Waals surface area contributed by atoms with Crippen molar-refractivity contribution in [2.24, 2.45) is 5.41 Å². The van der Waals surface area contributed by atoms with Gasteiger partial charge >= 0.3 is 0 Å². The number of aliphatic hydroxyl groups excluding tert-OH is 1. The van der Waals surface area contributed by atoms with Crippen LogP contribution < -0.4 is 0 Å². The average molecular weight is 397 g/mol. The standard InChI is InChI=1S/C24H29FN2O2/c25-21-9-7-19(8-10-21)15-23(29)27-13-4-12-24(18-27)17-26(14-11-22(24)28)16-20-5-2-1-3-6-20/h1-3,5-10,22,28H,4,11-18H2/t22-,24-/m1/s1. The van der Waals surface area contributed by atoms with Crippen molar-refractivity contribution in [2.45, 2.75) is 38.3 Å². The third-order valence-electron chi connectivity index (χ3n) is 6.44. The zero-order chi connectivity index (χ0) is 20.3. The Morgan fingerprint density at radius 3 is 2.55 bits per heavy atom. The van der Waals surface area contributed by atoms with Crippen molar-refractivity contribution in [1.82, 2.24) is 9.80 Å². The average Bonchev–Trinajstić information content (AvgIpc) is 2.73. The van der Waals surface area contributed by atoms with Gasteiger partial charge in [0.25, 0.3) is 0 Å². The van der Waals surface area contributed by atoms with E-state index in [4.69, 9.17) is 0 Å². The van der Waals surface area contributed by atoms with Crippen LogP contribution in [-0.2, 0) is 17.8 Å². The first kappa shape index (κ1) is 20.0. The van der Waals surface area contributed by atoms with Crippen molar-refractivity contribution in [3.63, 3.8) is 0 Å². The van der Waals surface area contributed by atoms with Gasteiger partial charge in [0.15, 0.2) is 0 Å². The van der Waals surface area contributed by atoms with Gasteiger partial charge in [-0.2, -0.15) is 0 Å². The molecule has 0 aromatic heterocycles. The molecular weight excluding hydrogens is 367 g/mol. The van der Waals surface area contributed by atoms with Crippen LogP contribution in [0.1, 0.15) is 30.4 Å². The maximum atomic E-state index is 13.1. The molecule has 154 valence electrons. The van der Waals surface area contributed by atoms with Crippen LogP contribution in [0.2, 0.25) is 0 Å². The van der Waals surface area contributed by atoms with Gasteiger partial charge in [-0.25, -0.2) is 4.39 Å². The lowest BCUT2D eigenvalue weighted by molar-refractivity contribution is -0.140. The van der Waals surface area contributed by atoms with Crippen molar-refractivity contribution in [3.05, 3.63) is 71.5 Å². The van der Waals surface area contributed by atoms with Crippen LogP contribution in [0.15, 0.2) is 54.6 Å². The van der Waals surface area contributed by atoms with Crippen LogP contribution in [0.5, 0.6) is 0 Å². The first-order chi connectivity index (χ1) is 14.0. The summed E-state index contributed by atoms with van der Waals surface area (Å²) in [5.41, 5.74) is 1.84. The van der Waals surface area contributed by atoms with Crippen molar-refractivity contribution >= 4 is 5.91 Å². The van der Waals surface area contributed by atoms with E-state index in [0.717, 1.165) is 51.0 Å². The molecule has 2 aliphatic heterocycles. The fourth-order valence-electron chi connectivity index (χ4n) is 4.88. The van der Waals surface area contributed by atoms with E-state index in [1.807, 2.05) is 11.0 Å². The number of carbonyl (C=O) groups excluding carboxylic acids is 1. The van der Waals surface area contributed by atoms with Gasteiger partial charge in [0.05, 0.1) is 12.5 Å². The third-order valence-corrected chi connectivity index (χ3v) is 6.44. The summed E-state index contributed by atoms with van der Waals surface area (Å²) in [6.07, 6.45) is 2.49.